The molecule has 0 aromatic rings. The lowest BCUT2D eigenvalue weighted by Gasteiger charge is -2.25. The molecule has 12 heavy (non-hydrogen) atoms. The van der Waals surface area contributed by atoms with Crippen LogP contribution in [0.4, 0.5) is 0 Å². The topological polar surface area (TPSA) is 3.24 Å². The van der Waals surface area contributed by atoms with Crippen LogP contribution in [0.25, 0.3) is 0 Å². The molecule has 3 rings (SSSR count). The minimum Gasteiger partial charge on any atom is -0.297 e. The summed E-state index contributed by atoms with van der Waals surface area (Å²) in [5.74, 6) is 0. The number of rotatable bonds is 2. The highest BCUT2D eigenvalue weighted by Gasteiger charge is 2.46. The third kappa shape index (κ3) is 1.02. The number of nitrogens with zero attached hydrogens (tertiary/aromatic N) is 1. The minimum atomic E-state index is 0.741. The van der Waals surface area contributed by atoms with E-state index in [1.54, 1.807) is 0 Å². The number of hydrogen-bond donors (Lipinski definition) is 0. The largest absolute Gasteiger partial charge is 0.297 e. The Morgan fingerprint density at radius 2 is 1.58 bits per heavy atom. The maximum Gasteiger partial charge on any atom is 0.00995 e. The molecule has 0 N–H and O–H groups in total. The van der Waals surface area contributed by atoms with Crippen LogP contribution < -0.4 is 0 Å². The predicted octanol–water partition coefficient (Wildman–Crippen LogP) is 2.41. The van der Waals surface area contributed by atoms with Crippen molar-refractivity contribution < 1.29 is 0 Å². The van der Waals surface area contributed by atoms with Crippen LogP contribution >= 0.6 is 0 Å². The van der Waals surface area contributed by atoms with Crippen molar-refractivity contribution in [3.05, 3.63) is 0 Å². The van der Waals surface area contributed by atoms with Gasteiger partial charge < -0.3 is 0 Å². The molecule has 0 radical (unpaired) electrons. The molecular weight excluding hydrogens is 146 g/mol. The van der Waals surface area contributed by atoms with Gasteiger partial charge in [-0.05, 0) is 43.9 Å². The Hall–Kier alpha value is -0.0400. The van der Waals surface area contributed by atoms with Crippen molar-refractivity contribution in [1.82, 2.24) is 4.90 Å². The molecular formula is C11H19N. The third-order valence-corrected chi connectivity index (χ3v) is 4.27. The molecule has 1 nitrogen and oxygen atoms in total. The van der Waals surface area contributed by atoms with Gasteiger partial charge in [-0.3, -0.25) is 4.90 Å². The summed E-state index contributed by atoms with van der Waals surface area (Å²) < 4.78 is 0. The Labute approximate surface area is 75.1 Å². The molecule has 0 amide bonds. The zero-order valence-electron chi connectivity index (χ0n) is 8.05. The molecule has 0 atom stereocenters. The molecule has 3 fully saturated rings. The summed E-state index contributed by atoms with van der Waals surface area (Å²) in [6.07, 6.45) is 8.98. The van der Waals surface area contributed by atoms with Gasteiger partial charge in [-0.25, -0.2) is 0 Å². The highest BCUT2D eigenvalue weighted by atomic mass is 15.2. The van der Waals surface area contributed by atoms with Gasteiger partial charge in [-0.2, -0.15) is 0 Å². The molecule has 0 unspecified atom stereocenters. The standard InChI is InChI=1S/C11H19N/c1-11(6-7-11)8-12-9-2-3-10(12)5-4-9/h9-10H,2-8H2,1H3. The summed E-state index contributed by atoms with van der Waals surface area (Å²) in [7, 11) is 0. The first-order valence-corrected chi connectivity index (χ1v) is 5.53. The second-order valence-electron chi connectivity index (χ2n) is 5.45. The Bertz CT molecular complexity index is 175. The molecule has 1 saturated carbocycles. The number of fused-ring (bicyclic) bond motifs is 2. The lowest BCUT2D eigenvalue weighted by Crippen LogP contribution is -2.33. The van der Waals surface area contributed by atoms with Crippen molar-refractivity contribution in [2.24, 2.45) is 5.41 Å². The first-order valence-electron chi connectivity index (χ1n) is 5.53. The minimum absolute atomic E-state index is 0.741. The van der Waals surface area contributed by atoms with Gasteiger partial charge >= 0.3 is 0 Å². The summed E-state index contributed by atoms with van der Waals surface area (Å²) in [6.45, 7) is 3.88. The quantitative estimate of drug-likeness (QED) is 0.607. The van der Waals surface area contributed by atoms with Crippen LogP contribution in [0, 0.1) is 5.41 Å². The summed E-state index contributed by atoms with van der Waals surface area (Å²) in [5, 5.41) is 0. The van der Waals surface area contributed by atoms with E-state index in [0.29, 0.717) is 0 Å². The van der Waals surface area contributed by atoms with E-state index in [1.165, 1.54) is 45.1 Å². The second kappa shape index (κ2) is 2.25. The third-order valence-electron chi connectivity index (χ3n) is 4.27. The van der Waals surface area contributed by atoms with Gasteiger partial charge in [0, 0.05) is 18.6 Å². The van der Waals surface area contributed by atoms with Gasteiger partial charge in [-0.15, -0.1) is 0 Å². The van der Waals surface area contributed by atoms with E-state index in [9.17, 15) is 0 Å². The molecule has 1 heteroatoms. The lowest BCUT2D eigenvalue weighted by atomic mass is 10.0. The Kier molecular flexibility index (Phi) is 1.39. The molecule has 2 bridgehead atoms. The van der Waals surface area contributed by atoms with Gasteiger partial charge in [0.2, 0.25) is 0 Å². The van der Waals surface area contributed by atoms with E-state index >= 15 is 0 Å². The molecule has 68 valence electrons. The molecule has 2 aliphatic heterocycles. The number of hydrogen-bond acceptors (Lipinski definition) is 1. The van der Waals surface area contributed by atoms with E-state index in [-0.39, 0.29) is 0 Å². The normalized spacial score (nSPS) is 43.8. The van der Waals surface area contributed by atoms with Gasteiger partial charge in [0.15, 0.2) is 0 Å². The Morgan fingerprint density at radius 3 is 2.00 bits per heavy atom. The van der Waals surface area contributed by atoms with Crippen molar-refractivity contribution in [2.75, 3.05) is 6.54 Å². The van der Waals surface area contributed by atoms with E-state index in [0.717, 1.165) is 17.5 Å². The van der Waals surface area contributed by atoms with Crippen LogP contribution in [0.2, 0.25) is 0 Å². The van der Waals surface area contributed by atoms with Crippen LogP contribution in [0.15, 0.2) is 0 Å². The van der Waals surface area contributed by atoms with Gasteiger partial charge in [0.05, 0.1) is 0 Å². The summed E-state index contributed by atoms with van der Waals surface area (Å²) >= 11 is 0. The Morgan fingerprint density at radius 1 is 1.08 bits per heavy atom. The summed E-state index contributed by atoms with van der Waals surface area (Å²) in [5.41, 5.74) is 0.741. The van der Waals surface area contributed by atoms with Crippen LogP contribution in [0.1, 0.15) is 45.4 Å². The summed E-state index contributed by atoms with van der Waals surface area (Å²) in [4.78, 5) is 2.83. The fraction of sp³-hybridized carbons (Fsp3) is 1.00. The van der Waals surface area contributed by atoms with Crippen LogP contribution in [-0.2, 0) is 0 Å². The average Bonchev–Trinajstić information content (AvgIpc) is 2.54. The van der Waals surface area contributed by atoms with E-state index in [1.807, 2.05) is 0 Å². The SMILES string of the molecule is CC1(CN2C3CCC2CC3)CC1. The van der Waals surface area contributed by atoms with Gasteiger partial charge in [0.25, 0.3) is 0 Å². The fourth-order valence-electron chi connectivity index (χ4n) is 3.09. The van der Waals surface area contributed by atoms with E-state index in [2.05, 4.69) is 11.8 Å². The average molecular weight is 165 g/mol. The fourth-order valence-corrected chi connectivity index (χ4v) is 3.09. The van der Waals surface area contributed by atoms with Crippen LogP contribution in [0.5, 0.6) is 0 Å². The van der Waals surface area contributed by atoms with Crippen molar-refractivity contribution in [1.29, 1.82) is 0 Å². The molecule has 0 aromatic carbocycles. The molecule has 2 saturated heterocycles. The predicted molar refractivity (Wildman–Crippen MR) is 50.1 cm³/mol. The van der Waals surface area contributed by atoms with Crippen LogP contribution in [-0.4, -0.2) is 23.5 Å². The second-order valence-corrected chi connectivity index (χ2v) is 5.45. The van der Waals surface area contributed by atoms with Crippen molar-refractivity contribution in [3.63, 3.8) is 0 Å². The molecule has 1 aliphatic carbocycles. The maximum absolute atomic E-state index is 2.83. The lowest BCUT2D eigenvalue weighted by molar-refractivity contribution is 0.209. The highest BCUT2D eigenvalue weighted by Crippen LogP contribution is 2.49. The maximum atomic E-state index is 2.83. The molecule has 3 aliphatic rings. The molecule has 2 heterocycles. The Balaban J connectivity index is 1.69. The first kappa shape index (κ1) is 7.37. The van der Waals surface area contributed by atoms with E-state index in [4.69, 9.17) is 0 Å². The highest BCUT2D eigenvalue weighted by molar-refractivity contribution is 5.00. The smallest absolute Gasteiger partial charge is 0.00995 e. The van der Waals surface area contributed by atoms with Gasteiger partial charge in [-0.1, -0.05) is 6.92 Å². The van der Waals surface area contributed by atoms with Crippen molar-refractivity contribution >= 4 is 0 Å². The molecule has 0 aromatic heterocycles. The van der Waals surface area contributed by atoms with Gasteiger partial charge in [0.1, 0.15) is 0 Å². The summed E-state index contributed by atoms with van der Waals surface area (Å²) in [6, 6.07) is 1.99. The zero-order valence-corrected chi connectivity index (χ0v) is 8.05. The monoisotopic (exact) mass is 165 g/mol. The first-order chi connectivity index (χ1) is 5.77. The van der Waals surface area contributed by atoms with Crippen molar-refractivity contribution in [3.8, 4) is 0 Å². The zero-order chi connectivity index (χ0) is 8.18. The van der Waals surface area contributed by atoms with E-state index < -0.39 is 0 Å². The van der Waals surface area contributed by atoms with Crippen LogP contribution in [0.3, 0.4) is 0 Å². The van der Waals surface area contributed by atoms with Crippen molar-refractivity contribution in [2.45, 2.75) is 57.5 Å². The molecule has 0 spiro atoms.